The van der Waals surface area contributed by atoms with Crippen LogP contribution in [-0.4, -0.2) is 20.3 Å². The summed E-state index contributed by atoms with van der Waals surface area (Å²) in [6.07, 6.45) is 8.06. The Morgan fingerprint density at radius 2 is 1.40 bits per heavy atom. The van der Waals surface area contributed by atoms with E-state index in [1.807, 2.05) is 0 Å². The molecule has 4 bridgehead atoms. The van der Waals surface area contributed by atoms with Crippen LogP contribution >= 0.6 is 0 Å². The first-order valence-corrected chi connectivity index (χ1v) is 7.66. The predicted octanol–water partition coefficient (Wildman–Crippen LogP) is 1.93. The molecule has 3 nitrogen and oxygen atoms in total. The van der Waals surface area contributed by atoms with E-state index in [1.165, 1.54) is 25.5 Å². The first kappa shape index (κ1) is 10.1. The van der Waals surface area contributed by atoms with Crippen molar-refractivity contribution in [1.82, 2.24) is 0 Å². The lowest BCUT2D eigenvalue weighted by atomic mass is 9.54. The molecule has 0 aromatic carbocycles. The summed E-state index contributed by atoms with van der Waals surface area (Å²) in [5, 5.41) is 0. The summed E-state index contributed by atoms with van der Waals surface area (Å²) in [7, 11) is -3.29. The average molecular weight is 230 g/mol. The van der Waals surface area contributed by atoms with Gasteiger partial charge in [-0.05, 0) is 56.3 Å². The fraction of sp³-hybridized carbons (Fsp3) is 1.00. The Bertz CT molecular complexity index is 336. The van der Waals surface area contributed by atoms with Crippen LogP contribution in [0.3, 0.4) is 0 Å². The molecule has 0 aromatic rings. The van der Waals surface area contributed by atoms with Gasteiger partial charge in [0.25, 0.3) is 10.1 Å². The van der Waals surface area contributed by atoms with Gasteiger partial charge in [-0.25, -0.2) is 0 Å². The quantitative estimate of drug-likeness (QED) is 0.681. The van der Waals surface area contributed by atoms with Crippen molar-refractivity contribution in [2.24, 2.45) is 17.8 Å². The predicted molar refractivity (Wildman–Crippen MR) is 56.8 cm³/mol. The Morgan fingerprint density at radius 1 is 1.00 bits per heavy atom. The zero-order valence-corrected chi connectivity index (χ0v) is 9.92. The molecule has 86 valence electrons. The minimum absolute atomic E-state index is 0.303. The van der Waals surface area contributed by atoms with Gasteiger partial charge < -0.3 is 0 Å². The Morgan fingerprint density at radius 3 is 1.73 bits per heavy atom. The van der Waals surface area contributed by atoms with Gasteiger partial charge in [-0.2, -0.15) is 8.42 Å². The van der Waals surface area contributed by atoms with Crippen LogP contribution in [0, 0.1) is 17.8 Å². The second-order valence-electron chi connectivity index (χ2n) is 5.89. The summed E-state index contributed by atoms with van der Waals surface area (Å²) in [6.45, 7) is 0. The van der Waals surface area contributed by atoms with E-state index in [-0.39, 0.29) is 5.60 Å². The molecule has 0 unspecified atom stereocenters. The van der Waals surface area contributed by atoms with E-state index >= 15 is 0 Å². The highest BCUT2D eigenvalue weighted by molar-refractivity contribution is 7.86. The molecule has 15 heavy (non-hydrogen) atoms. The van der Waals surface area contributed by atoms with E-state index in [9.17, 15) is 8.42 Å². The Hall–Kier alpha value is -0.0900. The maximum atomic E-state index is 11.3. The van der Waals surface area contributed by atoms with Gasteiger partial charge in [0.1, 0.15) is 0 Å². The van der Waals surface area contributed by atoms with Crippen molar-refractivity contribution in [3.05, 3.63) is 0 Å². The molecule has 4 fully saturated rings. The summed E-state index contributed by atoms with van der Waals surface area (Å²) in [5.74, 6) is 2.20. The van der Waals surface area contributed by atoms with Crippen molar-refractivity contribution in [3.63, 3.8) is 0 Å². The largest absolute Gasteiger partial charge is 0.264 e. The van der Waals surface area contributed by atoms with Gasteiger partial charge in [-0.3, -0.25) is 4.18 Å². The normalized spacial score (nSPS) is 48.5. The van der Waals surface area contributed by atoms with Crippen molar-refractivity contribution >= 4 is 10.1 Å². The molecule has 4 aliphatic rings. The first-order chi connectivity index (χ1) is 6.94. The standard InChI is InChI=1S/C11H18O3S/c1-15(12,13)14-11-5-8-2-9(6-11)4-10(3-8)7-11/h8-10H,2-7H2,1H3. The average Bonchev–Trinajstić information content (AvgIpc) is 1.94. The van der Waals surface area contributed by atoms with E-state index < -0.39 is 10.1 Å². The Kier molecular flexibility index (Phi) is 2.00. The SMILES string of the molecule is CS(=O)(=O)OC12CC3CC(CC(C3)C1)C2. The molecule has 0 radical (unpaired) electrons. The van der Waals surface area contributed by atoms with Gasteiger partial charge in [0.05, 0.1) is 11.9 Å². The van der Waals surface area contributed by atoms with E-state index in [4.69, 9.17) is 4.18 Å². The van der Waals surface area contributed by atoms with Crippen molar-refractivity contribution < 1.29 is 12.6 Å². The summed E-state index contributed by atoms with van der Waals surface area (Å²) < 4.78 is 28.0. The number of rotatable bonds is 2. The molecule has 0 aromatic heterocycles. The topological polar surface area (TPSA) is 43.4 Å². The van der Waals surface area contributed by atoms with Crippen LogP contribution in [0.15, 0.2) is 0 Å². The lowest BCUT2D eigenvalue weighted by molar-refractivity contribution is -0.104. The Balaban J connectivity index is 1.87. The van der Waals surface area contributed by atoms with Crippen molar-refractivity contribution in [1.29, 1.82) is 0 Å². The van der Waals surface area contributed by atoms with Gasteiger partial charge in [-0.1, -0.05) is 0 Å². The molecule has 0 aliphatic heterocycles. The van der Waals surface area contributed by atoms with Gasteiger partial charge in [0, 0.05) is 0 Å². The van der Waals surface area contributed by atoms with Crippen LogP contribution in [-0.2, 0) is 14.3 Å². The Labute approximate surface area is 91.3 Å². The summed E-state index contributed by atoms with van der Waals surface area (Å²) in [4.78, 5) is 0. The second kappa shape index (κ2) is 2.98. The molecular weight excluding hydrogens is 212 g/mol. The third kappa shape index (κ3) is 1.82. The molecule has 4 heteroatoms. The highest BCUT2D eigenvalue weighted by Crippen LogP contribution is 2.57. The zero-order chi connectivity index (χ0) is 10.7. The molecule has 4 aliphatic carbocycles. The van der Waals surface area contributed by atoms with Gasteiger partial charge in [0.15, 0.2) is 0 Å². The van der Waals surface area contributed by atoms with Crippen molar-refractivity contribution in [3.8, 4) is 0 Å². The highest BCUT2D eigenvalue weighted by atomic mass is 32.2. The maximum absolute atomic E-state index is 11.3. The zero-order valence-electron chi connectivity index (χ0n) is 9.11. The lowest BCUT2D eigenvalue weighted by Gasteiger charge is -2.55. The molecule has 0 saturated heterocycles. The van der Waals surface area contributed by atoms with E-state index in [0.29, 0.717) is 0 Å². The smallest absolute Gasteiger partial charge is 0.264 e. The van der Waals surface area contributed by atoms with E-state index in [2.05, 4.69) is 0 Å². The van der Waals surface area contributed by atoms with Crippen LogP contribution in [0.2, 0.25) is 0 Å². The first-order valence-electron chi connectivity index (χ1n) is 5.85. The van der Waals surface area contributed by atoms with Crippen LogP contribution < -0.4 is 0 Å². The third-order valence-corrected chi connectivity index (χ3v) is 4.97. The minimum Gasteiger partial charge on any atom is -0.264 e. The van der Waals surface area contributed by atoms with Gasteiger partial charge >= 0.3 is 0 Å². The molecular formula is C11H18O3S. The summed E-state index contributed by atoms with van der Waals surface area (Å²) in [6, 6.07) is 0. The maximum Gasteiger partial charge on any atom is 0.264 e. The minimum atomic E-state index is -3.29. The van der Waals surface area contributed by atoms with Gasteiger partial charge in [0.2, 0.25) is 0 Å². The van der Waals surface area contributed by atoms with E-state index in [1.54, 1.807) is 0 Å². The highest BCUT2D eigenvalue weighted by Gasteiger charge is 2.53. The van der Waals surface area contributed by atoms with Crippen molar-refractivity contribution in [2.75, 3.05) is 6.26 Å². The molecule has 4 saturated carbocycles. The van der Waals surface area contributed by atoms with Crippen LogP contribution in [0.1, 0.15) is 38.5 Å². The fourth-order valence-electron chi connectivity index (χ4n) is 4.45. The van der Waals surface area contributed by atoms with Gasteiger partial charge in [-0.15, -0.1) is 0 Å². The summed E-state index contributed by atoms with van der Waals surface area (Å²) >= 11 is 0. The lowest BCUT2D eigenvalue weighted by Crippen LogP contribution is -2.52. The van der Waals surface area contributed by atoms with Crippen molar-refractivity contribution in [2.45, 2.75) is 44.1 Å². The molecule has 0 N–H and O–H groups in total. The molecule has 0 spiro atoms. The third-order valence-electron chi connectivity index (χ3n) is 4.31. The second-order valence-corrected chi connectivity index (χ2v) is 7.46. The number of hydrogen-bond acceptors (Lipinski definition) is 3. The summed E-state index contributed by atoms with van der Waals surface area (Å²) in [5.41, 5.74) is -0.303. The molecule has 4 rings (SSSR count). The van der Waals surface area contributed by atoms with Crippen LogP contribution in [0.4, 0.5) is 0 Å². The molecule has 0 atom stereocenters. The molecule has 0 amide bonds. The van der Waals surface area contributed by atoms with Crippen LogP contribution in [0.5, 0.6) is 0 Å². The van der Waals surface area contributed by atoms with E-state index in [0.717, 1.165) is 37.0 Å². The molecule has 0 heterocycles. The number of hydrogen-bond donors (Lipinski definition) is 0. The van der Waals surface area contributed by atoms with Crippen LogP contribution in [0.25, 0.3) is 0 Å². The monoisotopic (exact) mass is 230 g/mol. The fourth-order valence-corrected chi connectivity index (χ4v) is 5.30.